The fourth-order valence-electron chi connectivity index (χ4n) is 3.53. The number of unbranched alkanes of at least 4 members (excludes halogenated alkanes) is 20. The van der Waals surface area contributed by atoms with Crippen LogP contribution in [-0.2, 0) is 25.3 Å². The van der Waals surface area contributed by atoms with Crippen LogP contribution < -0.4 is 0 Å². The molecule has 0 rings (SSSR count). The van der Waals surface area contributed by atoms with Crippen molar-refractivity contribution < 1.29 is 0 Å². The Morgan fingerprint density at radius 3 is 0.645 bits per heavy atom. The minimum absolute atomic E-state index is 0. The molecule has 0 aromatic carbocycles. The number of hydrogen-bond donors (Lipinski definition) is 0. The van der Waals surface area contributed by atoms with Gasteiger partial charge in [0.05, 0.1) is 0 Å². The van der Waals surface area contributed by atoms with Crippen LogP contribution in [0.25, 0.3) is 0 Å². The molecule has 31 heavy (non-hydrogen) atoms. The molecule has 0 N–H and O–H groups in total. The summed E-state index contributed by atoms with van der Waals surface area (Å²) < 4.78 is 0. The van der Waals surface area contributed by atoms with Crippen molar-refractivity contribution in [1.29, 1.82) is 0 Å². The van der Waals surface area contributed by atoms with E-state index in [1.165, 1.54) is 141 Å². The minimum atomic E-state index is 0. The van der Waals surface area contributed by atoms with Gasteiger partial charge >= 0.3 is 23.9 Å². The van der Waals surface area contributed by atoms with Gasteiger partial charge in [-0.1, -0.05) is 170 Å². The van der Waals surface area contributed by atoms with E-state index in [1.54, 1.807) is 0 Å². The predicted molar refractivity (Wildman–Crippen MR) is 157 cm³/mol. The van der Waals surface area contributed by atoms with Gasteiger partial charge in [-0.25, -0.2) is 0 Å². The normalized spacial score (nSPS) is 9.68. The van der Waals surface area contributed by atoms with E-state index >= 15 is 0 Å². The molecule has 0 bridgehead atoms. The van der Waals surface area contributed by atoms with Gasteiger partial charge < -0.3 is 25.3 Å². The van der Waals surface area contributed by atoms with Crippen LogP contribution in [0.2, 0.25) is 0 Å². The van der Waals surface area contributed by atoms with Gasteiger partial charge in [-0.3, -0.25) is 0 Å². The third kappa shape index (κ3) is 49.6. The van der Waals surface area contributed by atoms with Crippen molar-refractivity contribution >= 4 is 49.2 Å². The zero-order valence-corrected chi connectivity index (χ0v) is 24.8. The van der Waals surface area contributed by atoms with Crippen molar-refractivity contribution in [3.8, 4) is 0 Å². The van der Waals surface area contributed by atoms with Crippen LogP contribution in [-0.4, -0.2) is 35.4 Å². The maximum atomic E-state index is 4.91. The Labute approximate surface area is 229 Å². The first-order chi connectivity index (χ1) is 13.8. The van der Waals surface area contributed by atoms with Crippen LogP contribution >= 0.6 is 0 Å². The molecule has 0 aliphatic carbocycles. The van der Waals surface area contributed by atoms with Gasteiger partial charge in [0.25, 0.3) is 0 Å². The molecule has 2 radical (unpaired) electrons. The van der Waals surface area contributed by atoms with Crippen molar-refractivity contribution in [2.45, 2.75) is 170 Å². The third-order valence-electron chi connectivity index (χ3n) is 5.50. The molecule has 0 spiro atoms. The Kier molecular flexibility index (Phi) is 62.0. The molecule has 0 atom stereocenters. The summed E-state index contributed by atoms with van der Waals surface area (Å²) in [6.45, 7) is 4.55. The summed E-state index contributed by atoms with van der Waals surface area (Å²) in [6.07, 6.45) is 31.0. The van der Waals surface area contributed by atoms with E-state index in [2.05, 4.69) is 13.8 Å². The zero-order chi connectivity index (χ0) is 21.0. The first kappa shape index (κ1) is 42.6. The van der Waals surface area contributed by atoms with E-state index in [-0.39, 0.29) is 38.8 Å². The molecule has 0 heterocycles. The van der Waals surface area contributed by atoms with E-state index in [0.717, 1.165) is 11.5 Å². The molecule has 0 aliphatic rings. The summed E-state index contributed by atoms with van der Waals surface area (Å²) in [6, 6.07) is 0. The Morgan fingerprint density at radius 2 is 0.484 bits per heavy atom. The molecule has 0 fully saturated rings. The molecule has 0 aromatic rings. The van der Waals surface area contributed by atoms with Crippen molar-refractivity contribution in [1.82, 2.24) is 0 Å². The summed E-state index contributed by atoms with van der Waals surface area (Å²) in [5.74, 6) is 1.91. The molecule has 0 aliphatic heterocycles. The van der Waals surface area contributed by atoms with Crippen LogP contribution in [0.4, 0.5) is 0 Å². The van der Waals surface area contributed by atoms with E-state index < -0.39 is 0 Å². The number of rotatable bonds is 22. The Bertz CT molecular complexity index is 189. The van der Waals surface area contributed by atoms with Crippen molar-refractivity contribution in [3.05, 3.63) is 0 Å². The fraction of sp³-hybridized carbons (Fsp3) is 1.00. The smallest absolute Gasteiger partial charge is 0.793 e. The summed E-state index contributed by atoms with van der Waals surface area (Å²) >= 11 is 9.82. The molecule has 3 heteroatoms. The van der Waals surface area contributed by atoms with E-state index in [9.17, 15) is 0 Å². The van der Waals surface area contributed by atoms with Crippen LogP contribution in [0.5, 0.6) is 0 Å². The van der Waals surface area contributed by atoms with Gasteiger partial charge in [0, 0.05) is 0 Å². The molecular weight excluding hydrogens is 519 g/mol. The van der Waals surface area contributed by atoms with Gasteiger partial charge in [-0.15, -0.1) is 0 Å². The van der Waals surface area contributed by atoms with Crippen molar-refractivity contribution in [3.63, 3.8) is 0 Å². The second kappa shape index (κ2) is 45.1. The first-order valence-corrected chi connectivity index (χ1v) is 14.1. The average molecular weight is 582 g/mol. The minimum Gasteiger partial charge on any atom is -0.793 e. The number of hydrogen-bond acceptors (Lipinski definition) is 2. The van der Waals surface area contributed by atoms with Crippen LogP contribution in [0.15, 0.2) is 0 Å². The monoisotopic (exact) mass is 582 g/mol. The zero-order valence-electron chi connectivity index (χ0n) is 20.3. The second-order valence-electron chi connectivity index (χ2n) is 8.48. The van der Waals surface area contributed by atoms with Crippen molar-refractivity contribution in [2.24, 2.45) is 0 Å². The average Bonchev–Trinajstić information content (AvgIpc) is 2.71. The summed E-state index contributed by atoms with van der Waals surface area (Å²) in [5.41, 5.74) is 0. The summed E-state index contributed by atoms with van der Waals surface area (Å²) in [7, 11) is 0. The quantitative estimate of drug-likeness (QED) is 0.0709. The molecule has 0 aromatic heterocycles. The van der Waals surface area contributed by atoms with E-state index in [1.807, 2.05) is 0 Å². The second-order valence-corrected chi connectivity index (χ2v) is 9.30. The Morgan fingerprint density at radius 1 is 0.323 bits per heavy atom. The SMILES string of the molecule is C.C.CCCCCCCCCCCCC[S-].CCCCCCCCCCCCC[S-].[Sn+2]. The molecule has 0 saturated carbocycles. The topological polar surface area (TPSA) is 0 Å². The van der Waals surface area contributed by atoms with Crippen LogP contribution in [0, 0.1) is 0 Å². The fourth-order valence-corrected chi connectivity index (χ4v) is 3.94. The van der Waals surface area contributed by atoms with Crippen molar-refractivity contribution in [2.75, 3.05) is 11.5 Å². The van der Waals surface area contributed by atoms with Crippen LogP contribution in [0.1, 0.15) is 170 Å². The largest absolute Gasteiger partial charge is 2.00 e. The van der Waals surface area contributed by atoms with Gasteiger partial charge in [-0.05, 0) is 0 Å². The molecule has 0 unspecified atom stereocenters. The molecular formula is C28H62S2Sn. The molecule has 190 valence electrons. The third-order valence-corrected chi connectivity index (χ3v) is 6.07. The van der Waals surface area contributed by atoms with E-state index in [4.69, 9.17) is 25.3 Å². The van der Waals surface area contributed by atoms with E-state index in [0.29, 0.717) is 0 Å². The van der Waals surface area contributed by atoms with Gasteiger partial charge in [0.1, 0.15) is 0 Å². The van der Waals surface area contributed by atoms with Crippen LogP contribution in [0.3, 0.4) is 0 Å². The van der Waals surface area contributed by atoms with Gasteiger partial charge in [0.2, 0.25) is 0 Å². The standard InChI is InChI=1S/2C13H28S.2CH4.Sn/c2*1-2-3-4-5-6-7-8-9-10-11-12-13-14;;;/h2*14H,2-13H2,1H3;2*1H4;/q;;;;+2/p-2. The predicted octanol–water partition coefficient (Wildman–Crippen LogP) is 10.6. The van der Waals surface area contributed by atoms with Gasteiger partial charge in [-0.2, -0.15) is 11.5 Å². The molecule has 0 amide bonds. The maximum absolute atomic E-state index is 4.91. The summed E-state index contributed by atoms with van der Waals surface area (Å²) in [5, 5.41) is 0. The first-order valence-electron chi connectivity index (χ1n) is 13.0. The summed E-state index contributed by atoms with van der Waals surface area (Å²) in [4.78, 5) is 0. The Balaban J connectivity index is -0.000000133. The Hall–Kier alpha value is 1.50. The molecule has 0 saturated heterocycles. The molecule has 0 nitrogen and oxygen atoms in total. The van der Waals surface area contributed by atoms with Gasteiger partial charge in [0.15, 0.2) is 0 Å². The maximum Gasteiger partial charge on any atom is 2.00 e.